The molecule has 4 heterocycles. The van der Waals surface area contributed by atoms with Crippen LogP contribution in [0.2, 0.25) is 0 Å². The molecule has 0 unspecified atom stereocenters. The van der Waals surface area contributed by atoms with E-state index in [1.165, 1.54) is 18.2 Å². The van der Waals surface area contributed by atoms with E-state index in [1.807, 2.05) is 19.9 Å². The molecule has 1 aliphatic rings. The van der Waals surface area contributed by atoms with Crippen molar-refractivity contribution in [2.75, 3.05) is 37.0 Å². The molecule has 40 heavy (non-hydrogen) atoms. The number of hydrogen-bond donors (Lipinski definition) is 2. The lowest BCUT2D eigenvalue weighted by Crippen LogP contribution is -2.41. The highest BCUT2D eigenvalue weighted by Gasteiger charge is 2.39. The summed E-state index contributed by atoms with van der Waals surface area (Å²) in [6, 6.07) is 9.40. The molecule has 1 amide bonds. The van der Waals surface area contributed by atoms with Crippen molar-refractivity contribution in [3.05, 3.63) is 53.7 Å². The van der Waals surface area contributed by atoms with Crippen LogP contribution in [0.25, 0.3) is 11.3 Å². The molecule has 1 aliphatic heterocycles. The summed E-state index contributed by atoms with van der Waals surface area (Å²) in [6.45, 7) is 12.3. The summed E-state index contributed by atoms with van der Waals surface area (Å²) in [6.07, 6.45) is 2.56. The van der Waals surface area contributed by atoms with Gasteiger partial charge < -0.3 is 20.1 Å². The van der Waals surface area contributed by atoms with Crippen molar-refractivity contribution in [2.45, 2.75) is 51.6 Å². The smallest absolute Gasteiger partial charge is 0.281 e. The lowest BCUT2D eigenvalue weighted by molar-refractivity contribution is 0.0981. The Hall–Kier alpha value is -3.77. The van der Waals surface area contributed by atoms with Gasteiger partial charge in [-0.1, -0.05) is 13.0 Å². The van der Waals surface area contributed by atoms with Crippen LogP contribution in [0.4, 0.5) is 11.6 Å². The molecule has 0 radical (unpaired) electrons. The average Bonchev–Trinajstić information content (AvgIpc) is 3.18. The quantitative estimate of drug-likeness (QED) is 0.340. The van der Waals surface area contributed by atoms with Crippen LogP contribution in [0.5, 0.6) is 5.88 Å². The Bertz CT molecular complexity index is 1510. The van der Waals surface area contributed by atoms with E-state index in [0.717, 1.165) is 17.5 Å². The highest BCUT2D eigenvalue weighted by molar-refractivity contribution is 7.90. The maximum absolute atomic E-state index is 13.4. The fourth-order valence-corrected chi connectivity index (χ4v) is 5.90. The molecule has 3 aromatic heterocycles. The number of carbonyl (C=O) groups excluding carboxylic acids is 1. The molecule has 0 bridgehead atoms. The lowest BCUT2D eigenvalue weighted by atomic mass is 9.97. The zero-order valence-corrected chi connectivity index (χ0v) is 24.3. The normalized spacial score (nSPS) is 16.6. The molecule has 0 aromatic carbocycles. The first-order valence-corrected chi connectivity index (χ1v) is 14.7. The Labute approximate surface area is 238 Å². The fourth-order valence-electron chi connectivity index (χ4n) is 4.96. The van der Waals surface area contributed by atoms with Crippen LogP contribution in [0, 0.1) is 12.8 Å². The number of rotatable bonds is 10. The number of aryl methyl sites for hydroxylation is 1. The van der Waals surface area contributed by atoms with Gasteiger partial charge in [0, 0.05) is 38.9 Å². The average molecular weight is 573 g/mol. The van der Waals surface area contributed by atoms with Crippen molar-refractivity contribution in [1.29, 1.82) is 0 Å². The summed E-state index contributed by atoms with van der Waals surface area (Å²) < 4.78 is 39.1. The van der Waals surface area contributed by atoms with E-state index in [-0.39, 0.29) is 24.8 Å². The van der Waals surface area contributed by atoms with Gasteiger partial charge in [-0.15, -0.1) is 0 Å². The number of carbonyl (C=O) groups is 1. The largest absolute Gasteiger partial charge is 0.475 e. The number of nitrogens with two attached hydrogens (primary N) is 1. The monoisotopic (exact) mass is 572 g/mol. The number of sulfonamides is 1. The lowest BCUT2D eigenvalue weighted by Gasteiger charge is -2.34. The van der Waals surface area contributed by atoms with Crippen LogP contribution in [-0.2, 0) is 14.8 Å². The summed E-state index contributed by atoms with van der Waals surface area (Å²) in [7, 11) is -4.26. The number of nitrogens with one attached hydrogen (secondary N) is 1. The molecule has 12 heteroatoms. The van der Waals surface area contributed by atoms with E-state index in [0.29, 0.717) is 49.7 Å². The number of nitrogen functional groups attached to an aromatic ring is 1. The number of amides is 1. The third kappa shape index (κ3) is 6.50. The van der Waals surface area contributed by atoms with Gasteiger partial charge in [0.05, 0.1) is 17.9 Å². The molecule has 4 rings (SSSR count). The zero-order valence-electron chi connectivity index (χ0n) is 23.5. The van der Waals surface area contributed by atoms with Crippen molar-refractivity contribution in [3.63, 3.8) is 0 Å². The van der Waals surface area contributed by atoms with Crippen molar-refractivity contribution < 1.29 is 25.5 Å². The summed E-state index contributed by atoms with van der Waals surface area (Å²) in [5.41, 5.74) is 7.65. The zero-order chi connectivity index (χ0) is 29.1. The molecule has 0 aliphatic carbocycles. The molecule has 3 N–H and O–H groups in total. The fraction of sp³-hybridized carbons (Fsp3) is 0.429. The van der Waals surface area contributed by atoms with Gasteiger partial charge in [0.2, 0.25) is 5.88 Å². The predicted octanol–water partition coefficient (Wildman–Crippen LogP) is 4.08. The van der Waals surface area contributed by atoms with Gasteiger partial charge in [0.25, 0.3) is 15.9 Å². The van der Waals surface area contributed by atoms with E-state index in [4.69, 9.17) is 20.2 Å². The maximum Gasteiger partial charge on any atom is 0.281 e. The molecule has 218 valence electrons. The van der Waals surface area contributed by atoms with Crippen LogP contribution in [0.15, 0.2) is 47.6 Å². The minimum absolute atomic E-state index is 0. The predicted molar refractivity (Wildman–Crippen MR) is 157 cm³/mol. The van der Waals surface area contributed by atoms with Crippen LogP contribution in [0.1, 0.15) is 52.9 Å². The number of aromatic nitrogens is 3. The molecule has 0 spiro atoms. The third-order valence-electron chi connectivity index (χ3n) is 6.69. The minimum Gasteiger partial charge on any atom is -0.475 e. The molecular weight excluding hydrogens is 532 g/mol. The van der Waals surface area contributed by atoms with Gasteiger partial charge in [0.1, 0.15) is 18.2 Å². The van der Waals surface area contributed by atoms with E-state index in [2.05, 4.69) is 40.4 Å². The number of pyridine rings is 3. The summed E-state index contributed by atoms with van der Waals surface area (Å²) in [4.78, 5) is 28.7. The van der Waals surface area contributed by atoms with Gasteiger partial charge in [-0.25, -0.2) is 19.7 Å². The Morgan fingerprint density at radius 2 is 2.00 bits per heavy atom. The van der Waals surface area contributed by atoms with E-state index < -0.39 is 15.9 Å². The first-order chi connectivity index (χ1) is 18.9. The Balaban J connectivity index is 0.00000308. The Morgan fingerprint density at radius 3 is 2.65 bits per heavy atom. The molecule has 1 atom stereocenters. The van der Waals surface area contributed by atoms with Crippen molar-refractivity contribution in [3.8, 4) is 17.1 Å². The summed E-state index contributed by atoms with van der Waals surface area (Å²) in [5.74, 6) is 0.489. The topological polar surface area (TPSA) is 150 Å². The summed E-state index contributed by atoms with van der Waals surface area (Å²) >= 11 is 0. The van der Waals surface area contributed by atoms with Crippen molar-refractivity contribution >= 4 is 27.6 Å². The van der Waals surface area contributed by atoms with Crippen LogP contribution < -0.4 is 20.1 Å². The minimum atomic E-state index is -4.26. The maximum atomic E-state index is 13.4. The number of ether oxygens (including phenoxy) is 2. The van der Waals surface area contributed by atoms with Crippen LogP contribution in [0.3, 0.4) is 0 Å². The van der Waals surface area contributed by atoms with Crippen LogP contribution >= 0.6 is 0 Å². The van der Waals surface area contributed by atoms with Gasteiger partial charge in [0.15, 0.2) is 5.03 Å². The van der Waals surface area contributed by atoms with Crippen LogP contribution in [-0.4, -0.2) is 61.2 Å². The van der Waals surface area contributed by atoms with E-state index in [9.17, 15) is 13.2 Å². The number of hydrogen-bond acceptors (Lipinski definition) is 10. The second kappa shape index (κ2) is 11.8. The SMILES string of the molecule is CCOCCOc1ncc(-c2ccc(C(=O)NS(=O)(=O)c3cccc(N)n3)c(N3C[C@@H](C)CC3(C)C)n2)cc1C.[HH].[HH]. The van der Waals surface area contributed by atoms with E-state index in [1.54, 1.807) is 18.3 Å². The Kier molecular flexibility index (Phi) is 8.59. The van der Waals surface area contributed by atoms with Crippen molar-refractivity contribution in [2.24, 2.45) is 5.92 Å². The first-order valence-electron chi connectivity index (χ1n) is 13.2. The van der Waals surface area contributed by atoms with E-state index >= 15 is 0 Å². The second-order valence-corrected chi connectivity index (χ2v) is 12.2. The molecule has 11 nitrogen and oxygen atoms in total. The number of anilines is 2. The van der Waals surface area contributed by atoms with Gasteiger partial charge >= 0.3 is 0 Å². The molecule has 0 saturated carbocycles. The highest BCUT2D eigenvalue weighted by atomic mass is 32.2. The molecule has 1 fully saturated rings. The van der Waals surface area contributed by atoms with Crippen molar-refractivity contribution in [1.82, 2.24) is 19.7 Å². The second-order valence-electron chi connectivity index (χ2n) is 10.5. The van der Waals surface area contributed by atoms with Gasteiger partial charge in [-0.2, -0.15) is 8.42 Å². The van der Waals surface area contributed by atoms with Gasteiger partial charge in [-0.3, -0.25) is 4.79 Å². The van der Waals surface area contributed by atoms with Gasteiger partial charge in [-0.05, 0) is 70.4 Å². The highest BCUT2D eigenvalue weighted by Crippen LogP contribution is 2.38. The number of nitrogens with zero attached hydrogens (tertiary/aromatic N) is 4. The third-order valence-corrected chi connectivity index (χ3v) is 7.92. The summed E-state index contributed by atoms with van der Waals surface area (Å²) in [5, 5.41) is -0.341. The molecular formula is C28H40N6O5S. The standard InChI is InChI=1S/C28H36N6O5S.2H2/c1-6-38-12-13-39-27-19(3)14-20(16-30-27)22-11-10-21(25(31-22)34-17-18(2)15-28(34,4)5)26(35)33-40(36,37)24-9-7-8-23(29)32-24;;/h7-11,14,16,18H,6,12-13,15,17H2,1-5H3,(H2,29,32)(H,33,35);2*1H/t18-;;/m0../s1. The Morgan fingerprint density at radius 1 is 1.23 bits per heavy atom. The molecule has 3 aromatic rings. The molecule has 1 saturated heterocycles. The first kappa shape index (κ1) is 29.2.